The lowest BCUT2D eigenvalue weighted by molar-refractivity contribution is -0.420. The molecule has 3 heteroatoms. The maximum Gasteiger partial charge on any atom is 0.275 e. The number of unbranched alkanes of at least 4 members (excludes halogenated alkanes) is 2. The number of hydrogen-bond acceptors (Lipinski definition) is 3. The molecular weight excluding hydrogens is 132 g/mol. The van der Waals surface area contributed by atoms with Gasteiger partial charge in [-0.15, -0.1) is 0 Å². The van der Waals surface area contributed by atoms with Crippen molar-refractivity contribution in [1.82, 2.24) is 0 Å². The molecule has 0 saturated carbocycles. The van der Waals surface area contributed by atoms with Crippen LogP contribution in [0.1, 0.15) is 26.2 Å². The first-order valence-electron chi connectivity index (χ1n) is 3.78. The lowest BCUT2D eigenvalue weighted by atomic mass is 10.3. The molecule has 1 rings (SSSR count). The molecule has 0 amide bonds. The molecule has 1 fully saturated rings. The van der Waals surface area contributed by atoms with Crippen LogP contribution < -0.4 is 0 Å². The Balaban J connectivity index is 1.76. The molecule has 1 aliphatic heterocycles. The Kier molecular flexibility index (Phi) is 3.72. The van der Waals surface area contributed by atoms with Crippen LogP contribution in [-0.4, -0.2) is 19.9 Å². The fraction of sp³-hybridized carbons (Fsp3) is 1.00. The maximum atomic E-state index is 5.14. The molecule has 1 heterocycles. The average Bonchev–Trinajstić information content (AvgIpc) is 1.84. The maximum absolute atomic E-state index is 5.14. The second-order valence-corrected chi connectivity index (χ2v) is 2.32. The summed E-state index contributed by atoms with van der Waals surface area (Å²) in [5.74, 6) is 0. The number of ether oxygens (including phenoxy) is 3. The zero-order valence-corrected chi connectivity index (χ0v) is 6.34. The minimum atomic E-state index is -0.364. The molecule has 60 valence electrons. The molecule has 0 spiro atoms. The quantitative estimate of drug-likeness (QED) is 0.550. The van der Waals surface area contributed by atoms with Crippen LogP contribution in [0.5, 0.6) is 0 Å². The van der Waals surface area contributed by atoms with E-state index in [0.29, 0.717) is 6.79 Å². The summed E-state index contributed by atoms with van der Waals surface area (Å²) in [6.45, 7) is 2.93. The van der Waals surface area contributed by atoms with Gasteiger partial charge in [0, 0.05) is 0 Å². The van der Waals surface area contributed by atoms with Crippen molar-refractivity contribution in [1.29, 1.82) is 0 Å². The standard InChI is InChI=1S/C7H14O3/c1-2-3-4-5-8-7-9-6-10-7/h7H,2-6H2,1H3. The number of hydrogen-bond donors (Lipinski definition) is 0. The first-order valence-corrected chi connectivity index (χ1v) is 3.78. The van der Waals surface area contributed by atoms with Gasteiger partial charge in [-0.3, -0.25) is 0 Å². The Morgan fingerprint density at radius 3 is 2.70 bits per heavy atom. The topological polar surface area (TPSA) is 27.7 Å². The van der Waals surface area contributed by atoms with Crippen molar-refractivity contribution in [3.05, 3.63) is 0 Å². The predicted molar refractivity (Wildman–Crippen MR) is 36.3 cm³/mol. The van der Waals surface area contributed by atoms with Crippen LogP contribution in [0.2, 0.25) is 0 Å². The van der Waals surface area contributed by atoms with Gasteiger partial charge in [0.15, 0.2) is 6.79 Å². The van der Waals surface area contributed by atoms with E-state index in [1.165, 1.54) is 12.8 Å². The van der Waals surface area contributed by atoms with E-state index in [4.69, 9.17) is 14.2 Å². The van der Waals surface area contributed by atoms with E-state index in [-0.39, 0.29) is 6.48 Å². The Labute approximate surface area is 61.3 Å². The molecule has 0 aromatic rings. The Morgan fingerprint density at radius 1 is 1.40 bits per heavy atom. The minimum absolute atomic E-state index is 0.364. The van der Waals surface area contributed by atoms with Crippen LogP contribution in [0.4, 0.5) is 0 Å². The third-order valence-electron chi connectivity index (χ3n) is 1.41. The summed E-state index contributed by atoms with van der Waals surface area (Å²) in [7, 11) is 0. The molecule has 3 nitrogen and oxygen atoms in total. The highest BCUT2D eigenvalue weighted by Crippen LogP contribution is 2.08. The van der Waals surface area contributed by atoms with E-state index < -0.39 is 0 Å². The highest BCUT2D eigenvalue weighted by Gasteiger charge is 2.18. The molecule has 0 radical (unpaired) electrons. The molecule has 0 aliphatic carbocycles. The van der Waals surface area contributed by atoms with Crippen LogP contribution in [-0.2, 0) is 14.2 Å². The second-order valence-electron chi connectivity index (χ2n) is 2.32. The molecule has 10 heavy (non-hydrogen) atoms. The third kappa shape index (κ3) is 2.64. The van der Waals surface area contributed by atoms with Crippen molar-refractivity contribution in [2.45, 2.75) is 32.7 Å². The summed E-state index contributed by atoms with van der Waals surface area (Å²) in [5, 5.41) is 0. The monoisotopic (exact) mass is 146 g/mol. The normalized spacial score (nSPS) is 18.9. The van der Waals surface area contributed by atoms with Gasteiger partial charge in [0.1, 0.15) is 0 Å². The van der Waals surface area contributed by atoms with Gasteiger partial charge < -0.3 is 14.2 Å². The Morgan fingerprint density at radius 2 is 2.20 bits per heavy atom. The molecular formula is C7H14O3. The summed E-state index contributed by atoms with van der Waals surface area (Å²) >= 11 is 0. The van der Waals surface area contributed by atoms with E-state index in [2.05, 4.69) is 6.92 Å². The first kappa shape index (κ1) is 7.98. The summed E-state index contributed by atoms with van der Waals surface area (Å²) in [6, 6.07) is 0. The van der Waals surface area contributed by atoms with Crippen molar-refractivity contribution >= 4 is 0 Å². The molecule has 0 bridgehead atoms. The summed E-state index contributed by atoms with van der Waals surface area (Å²) in [6.07, 6.45) is 3.53. The van der Waals surface area contributed by atoms with Gasteiger partial charge in [-0.25, -0.2) is 0 Å². The van der Waals surface area contributed by atoms with E-state index in [0.717, 1.165) is 13.0 Å². The van der Waals surface area contributed by atoms with Crippen molar-refractivity contribution in [3.63, 3.8) is 0 Å². The van der Waals surface area contributed by atoms with Gasteiger partial charge in [-0.1, -0.05) is 19.8 Å². The van der Waals surface area contributed by atoms with Gasteiger partial charge in [-0.05, 0) is 6.42 Å². The summed E-state index contributed by atoms with van der Waals surface area (Å²) in [5.41, 5.74) is 0. The molecule has 0 N–H and O–H groups in total. The zero-order chi connectivity index (χ0) is 7.23. The van der Waals surface area contributed by atoms with Crippen molar-refractivity contribution in [3.8, 4) is 0 Å². The SMILES string of the molecule is CCCCCOC1OCO1. The summed E-state index contributed by atoms with van der Waals surface area (Å²) in [4.78, 5) is 0. The Hall–Kier alpha value is -0.120. The minimum Gasteiger partial charge on any atom is -0.330 e. The van der Waals surface area contributed by atoms with E-state index in [1.54, 1.807) is 0 Å². The zero-order valence-electron chi connectivity index (χ0n) is 6.34. The third-order valence-corrected chi connectivity index (χ3v) is 1.41. The van der Waals surface area contributed by atoms with Gasteiger partial charge in [0.05, 0.1) is 6.61 Å². The van der Waals surface area contributed by atoms with Gasteiger partial charge >= 0.3 is 0 Å². The molecule has 0 aromatic heterocycles. The van der Waals surface area contributed by atoms with Gasteiger partial charge in [0.2, 0.25) is 0 Å². The highest BCUT2D eigenvalue weighted by atomic mass is 17.0. The van der Waals surface area contributed by atoms with Crippen LogP contribution >= 0.6 is 0 Å². The Bertz CT molecular complexity index is 80.9. The molecule has 0 aromatic carbocycles. The van der Waals surface area contributed by atoms with Crippen LogP contribution in [0.3, 0.4) is 0 Å². The lowest BCUT2D eigenvalue weighted by Gasteiger charge is -2.25. The molecule has 0 atom stereocenters. The van der Waals surface area contributed by atoms with Crippen molar-refractivity contribution in [2.75, 3.05) is 13.4 Å². The largest absolute Gasteiger partial charge is 0.330 e. The fourth-order valence-electron chi connectivity index (χ4n) is 0.751. The van der Waals surface area contributed by atoms with Gasteiger partial charge in [0.25, 0.3) is 6.48 Å². The lowest BCUT2D eigenvalue weighted by Crippen LogP contribution is -2.33. The van der Waals surface area contributed by atoms with Crippen LogP contribution in [0.25, 0.3) is 0 Å². The van der Waals surface area contributed by atoms with Crippen molar-refractivity contribution in [2.24, 2.45) is 0 Å². The van der Waals surface area contributed by atoms with Gasteiger partial charge in [-0.2, -0.15) is 0 Å². The molecule has 1 saturated heterocycles. The molecule has 1 aliphatic rings. The van der Waals surface area contributed by atoms with Crippen molar-refractivity contribution < 1.29 is 14.2 Å². The highest BCUT2D eigenvalue weighted by molar-refractivity contribution is 4.37. The first-order chi connectivity index (χ1) is 4.93. The van der Waals surface area contributed by atoms with E-state index in [9.17, 15) is 0 Å². The fourth-order valence-corrected chi connectivity index (χ4v) is 0.751. The number of rotatable bonds is 5. The molecule has 0 unspecified atom stereocenters. The van der Waals surface area contributed by atoms with Crippen LogP contribution in [0, 0.1) is 0 Å². The van der Waals surface area contributed by atoms with E-state index in [1.807, 2.05) is 0 Å². The van der Waals surface area contributed by atoms with E-state index >= 15 is 0 Å². The van der Waals surface area contributed by atoms with Crippen LogP contribution in [0.15, 0.2) is 0 Å². The smallest absolute Gasteiger partial charge is 0.275 e. The average molecular weight is 146 g/mol. The predicted octanol–water partition coefficient (Wildman–Crippen LogP) is 1.48. The second kappa shape index (κ2) is 4.66. The summed E-state index contributed by atoms with van der Waals surface area (Å²) < 4.78 is 14.9.